The lowest BCUT2D eigenvalue weighted by Gasteiger charge is -2.23. The number of rotatable bonds is 4. The third-order valence-electron chi connectivity index (χ3n) is 5.40. The van der Waals surface area contributed by atoms with Crippen molar-refractivity contribution < 1.29 is 51.5 Å². The molecular formula is C24H29F3O8. The molecule has 1 N–H and O–H groups in total. The van der Waals surface area contributed by atoms with Crippen molar-refractivity contribution in [2.24, 2.45) is 0 Å². The maximum absolute atomic E-state index is 13.7. The van der Waals surface area contributed by atoms with Gasteiger partial charge in [0.2, 0.25) is 6.10 Å². The number of halogens is 3. The van der Waals surface area contributed by atoms with Gasteiger partial charge < -0.3 is 33.5 Å². The molecule has 35 heavy (non-hydrogen) atoms. The predicted octanol–water partition coefficient (Wildman–Crippen LogP) is 4.01. The van der Waals surface area contributed by atoms with Crippen molar-refractivity contribution in [3.8, 4) is 11.5 Å². The molecule has 194 valence electrons. The second-order valence-electron chi connectivity index (χ2n) is 8.51. The van der Waals surface area contributed by atoms with Crippen molar-refractivity contribution in [2.45, 2.75) is 63.1 Å². The summed E-state index contributed by atoms with van der Waals surface area (Å²) in [6, 6.07) is 2.84. The van der Waals surface area contributed by atoms with Gasteiger partial charge in [-0.2, -0.15) is 13.2 Å². The summed E-state index contributed by atoms with van der Waals surface area (Å²) in [4.78, 5) is 13.0. The number of aliphatic hydroxyl groups is 1. The number of aliphatic hydroxyl groups excluding tert-OH is 1. The van der Waals surface area contributed by atoms with Gasteiger partial charge in [0.1, 0.15) is 29.3 Å². The fourth-order valence-electron chi connectivity index (χ4n) is 3.87. The van der Waals surface area contributed by atoms with Crippen LogP contribution in [0.4, 0.5) is 13.2 Å². The van der Waals surface area contributed by atoms with Crippen LogP contribution < -0.4 is 9.47 Å². The highest BCUT2D eigenvalue weighted by Gasteiger charge is 2.45. The zero-order valence-electron chi connectivity index (χ0n) is 19.8. The Bertz CT molecular complexity index is 957. The summed E-state index contributed by atoms with van der Waals surface area (Å²) in [5.74, 6) is -1.99. The summed E-state index contributed by atoms with van der Waals surface area (Å²) in [7, 11) is 2.76. The third-order valence-corrected chi connectivity index (χ3v) is 5.40. The zero-order valence-corrected chi connectivity index (χ0v) is 19.8. The molecule has 3 rings (SSSR count). The number of carbonyl (C=O) groups excluding carboxylic acids is 1. The molecule has 0 bridgehead atoms. The van der Waals surface area contributed by atoms with E-state index < -0.39 is 48.8 Å². The Morgan fingerprint density at radius 1 is 1.14 bits per heavy atom. The van der Waals surface area contributed by atoms with Crippen LogP contribution in [0.15, 0.2) is 30.4 Å². The summed E-state index contributed by atoms with van der Waals surface area (Å²) in [6.45, 7) is 3.10. The molecule has 8 nitrogen and oxygen atoms in total. The van der Waals surface area contributed by atoms with Crippen LogP contribution >= 0.6 is 0 Å². The summed E-state index contributed by atoms with van der Waals surface area (Å²) in [5, 5.41) is 10.6. The molecule has 4 atom stereocenters. The number of ether oxygens (including phenoxy) is 6. The topological polar surface area (TPSA) is 92.7 Å². The molecule has 1 saturated heterocycles. The monoisotopic (exact) mass is 502 g/mol. The fraction of sp³-hybridized carbons (Fsp3) is 0.542. The van der Waals surface area contributed by atoms with Gasteiger partial charge in [-0.25, -0.2) is 4.79 Å². The lowest BCUT2D eigenvalue weighted by molar-refractivity contribution is -0.203. The van der Waals surface area contributed by atoms with Gasteiger partial charge in [0.25, 0.3) is 0 Å². The number of hydrogen-bond acceptors (Lipinski definition) is 8. The smallest absolute Gasteiger partial charge is 0.425 e. The Kier molecular flexibility index (Phi) is 8.47. The van der Waals surface area contributed by atoms with E-state index in [0.29, 0.717) is 5.75 Å². The van der Waals surface area contributed by atoms with Crippen molar-refractivity contribution in [3.05, 3.63) is 41.5 Å². The lowest BCUT2D eigenvalue weighted by Crippen LogP contribution is -2.35. The predicted molar refractivity (Wildman–Crippen MR) is 118 cm³/mol. The van der Waals surface area contributed by atoms with E-state index in [4.69, 9.17) is 28.4 Å². The molecule has 1 aromatic carbocycles. The number of alkyl halides is 3. The number of esters is 1. The van der Waals surface area contributed by atoms with Crippen LogP contribution in [0.1, 0.15) is 42.6 Å². The Morgan fingerprint density at radius 2 is 1.89 bits per heavy atom. The van der Waals surface area contributed by atoms with Crippen molar-refractivity contribution in [2.75, 3.05) is 21.0 Å². The molecule has 2 aliphatic rings. The average Bonchev–Trinajstić information content (AvgIpc) is 3.09. The summed E-state index contributed by atoms with van der Waals surface area (Å²) >= 11 is 0. The fourth-order valence-corrected chi connectivity index (χ4v) is 3.87. The van der Waals surface area contributed by atoms with Crippen molar-refractivity contribution in [3.63, 3.8) is 0 Å². The minimum absolute atomic E-state index is 0.0608. The van der Waals surface area contributed by atoms with Crippen LogP contribution in [0, 0.1) is 0 Å². The number of hydrogen-bond donors (Lipinski definition) is 1. The van der Waals surface area contributed by atoms with Gasteiger partial charge in [0, 0.05) is 19.6 Å². The molecule has 0 amide bonds. The molecule has 2 heterocycles. The van der Waals surface area contributed by atoms with Crippen LogP contribution in [-0.2, 0) is 18.9 Å². The summed E-state index contributed by atoms with van der Waals surface area (Å²) in [5.41, 5.74) is -0.000790. The van der Waals surface area contributed by atoms with Crippen LogP contribution in [0.25, 0.3) is 6.08 Å². The SMILES string of the molecule is COCOc1cc(OC)cc2c1C(=O)O[C@@H](C(F)(F)F)C/C=C\C(O)[C@H]1OC(C)(C)O[C@H]1C/C=C/2. The number of cyclic esters (lactones) is 1. The van der Waals surface area contributed by atoms with Gasteiger partial charge in [0.05, 0.1) is 13.2 Å². The van der Waals surface area contributed by atoms with Crippen LogP contribution in [0.3, 0.4) is 0 Å². The van der Waals surface area contributed by atoms with E-state index >= 15 is 0 Å². The Morgan fingerprint density at radius 3 is 2.54 bits per heavy atom. The van der Waals surface area contributed by atoms with E-state index in [0.717, 1.165) is 6.08 Å². The molecule has 0 radical (unpaired) electrons. The largest absolute Gasteiger partial charge is 0.497 e. The van der Waals surface area contributed by atoms with Crippen molar-refractivity contribution >= 4 is 12.0 Å². The molecule has 0 aliphatic carbocycles. The second-order valence-corrected chi connectivity index (χ2v) is 8.51. The zero-order chi connectivity index (χ0) is 25.8. The highest BCUT2D eigenvalue weighted by Crippen LogP contribution is 2.36. The maximum Gasteiger partial charge on any atom is 0.425 e. The number of benzene rings is 1. The number of carbonyl (C=O) groups is 1. The molecule has 2 aliphatic heterocycles. The minimum Gasteiger partial charge on any atom is -0.497 e. The Labute approximate surface area is 201 Å². The molecule has 0 aromatic heterocycles. The lowest BCUT2D eigenvalue weighted by atomic mass is 10.0. The van der Waals surface area contributed by atoms with Gasteiger partial charge in [0.15, 0.2) is 12.6 Å². The Hall–Kier alpha value is -2.60. The van der Waals surface area contributed by atoms with Crippen LogP contribution in [-0.4, -0.2) is 68.5 Å². The van der Waals surface area contributed by atoms with E-state index in [9.17, 15) is 23.1 Å². The Balaban J connectivity index is 2.10. The van der Waals surface area contributed by atoms with Crippen molar-refractivity contribution in [1.29, 1.82) is 0 Å². The quantitative estimate of drug-likeness (QED) is 0.375. The van der Waals surface area contributed by atoms with Gasteiger partial charge in [-0.05, 0) is 31.9 Å². The van der Waals surface area contributed by atoms with Crippen LogP contribution in [0.5, 0.6) is 11.5 Å². The van der Waals surface area contributed by atoms with Crippen LogP contribution in [0.2, 0.25) is 0 Å². The van der Waals surface area contributed by atoms with Gasteiger partial charge in [-0.15, -0.1) is 0 Å². The summed E-state index contributed by atoms with van der Waals surface area (Å²) in [6.07, 6.45) is -4.87. The highest BCUT2D eigenvalue weighted by atomic mass is 19.4. The highest BCUT2D eigenvalue weighted by molar-refractivity contribution is 5.97. The van der Waals surface area contributed by atoms with Crippen molar-refractivity contribution in [1.82, 2.24) is 0 Å². The molecule has 1 aromatic rings. The first-order chi connectivity index (χ1) is 16.4. The molecule has 11 heteroatoms. The first-order valence-corrected chi connectivity index (χ1v) is 10.9. The average molecular weight is 502 g/mol. The van der Waals surface area contributed by atoms with E-state index in [1.165, 1.54) is 38.5 Å². The second kappa shape index (κ2) is 11.0. The third kappa shape index (κ3) is 6.75. The molecule has 1 fully saturated rings. The number of fused-ring (bicyclic) bond motifs is 2. The molecule has 0 saturated carbocycles. The van der Waals surface area contributed by atoms with E-state index in [2.05, 4.69) is 0 Å². The summed E-state index contributed by atoms with van der Waals surface area (Å²) < 4.78 is 73.3. The normalized spacial score (nSPS) is 28.7. The first kappa shape index (κ1) is 27.0. The van der Waals surface area contributed by atoms with Gasteiger partial charge in [-0.1, -0.05) is 24.3 Å². The minimum atomic E-state index is -4.85. The molecular weight excluding hydrogens is 473 g/mol. The van der Waals surface area contributed by atoms with Gasteiger partial charge >= 0.3 is 12.1 Å². The van der Waals surface area contributed by atoms with E-state index in [1.807, 2.05) is 0 Å². The van der Waals surface area contributed by atoms with E-state index in [1.54, 1.807) is 19.9 Å². The van der Waals surface area contributed by atoms with Gasteiger partial charge in [-0.3, -0.25) is 0 Å². The maximum atomic E-state index is 13.7. The first-order valence-electron chi connectivity index (χ1n) is 10.9. The standard InChI is InChI=1S/C24H29F3O8/c1-23(2)34-17-9-5-7-14-11-15(31-4)12-18(32-13-30-3)20(14)22(29)33-19(24(25,26)27)10-6-8-16(28)21(17)35-23/h5-8,11-12,16-17,19,21,28H,9-10,13H2,1-4H3/b7-5+,8-6-/t16?,17-,19+,21+/m0/s1. The number of methoxy groups -OCH3 is 2. The van der Waals surface area contributed by atoms with E-state index in [-0.39, 0.29) is 30.1 Å². The molecule has 1 unspecified atom stereocenters. The molecule has 0 spiro atoms.